The minimum Gasteiger partial charge on any atom is -1.00 e. The topological polar surface area (TPSA) is 0 Å². The van der Waals surface area contributed by atoms with E-state index in [1.54, 1.807) is 15.4 Å². The summed E-state index contributed by atoms with van der Waals surface area (Å²) in [7, 11) is 0. The molecular weight excluding hydrogens is 517 g/mol. The third kappa shape index (κ3) is 4.30. The van der Waals surface area contributed by atoms with Gasteiger partial charge in [-0.1, -0.05) is 0 Å². The van der Waals surface area contributed by atoms with Crippen LogP contribution in [0.25, 0.3) is 11.1 Å². The van der Waals surface area contributed by atoms with Crippen LogP contribution in [0.15, 0.2) is 93.3 Å². The van der Waals surface area contributed by atoms with E-state index < -0.39 is 21.3 Å². The molecule has 0 N–H and O–H groups in total. The van der Waals surface area contributed by atoms with E-state index >= 15 is 0 Å². The molecular formula is C28H25Cl2FZr. The second-order valence-corrected chi connectivity index (χ2v) is 14.1. The molecule has 0 aromatic heterocycles. The van der Waals surface area contributed by atoms with Crippen LogP contribution in [0.1, 0.15) is 41.1 Å². The van der Waals surface area contributed by atoms with Crippen LogP contribution in [0.3, 0.4) is 0 Å². The fourth-order valence-electron chi connectivity index (χ4n) is 5.16. The number of hydrogen-bond acceptors (Lipinski definition) is 0. The van der Waals surface area contributed by atoms with Gasteiger partial charge in [0, 0.05) is 0 Å². The Hall–Kier alpha value is -1.60. The van der Waals surface area contributed by atoms with Gasteiger partial charge in [-0.05, 0) is 0 Å². The van der Waals surface area contributed by atoms with Crippen LogP contribution in [0.4, 0.5) is 4.39 Å². The van der Waals surface area contributed by atoms with E-state index in [4.69, 9.17) is 0 Å². The molecule has 0 heterocycles. The van der Waals surface area contributed by atoms with Crippen molar-refractivity contribution in [2.24, 2.45) is 5.92 Å². The fraction of sp³-hybridized carbons (Fsp3) is 0.179. The molecule has 0 radical (unpaired) electrons. The smallest absolute Gasteiger partial charge is 1.00 e. The summed E-state index contributed by atoms with van der Waals surface area (Å²) in [5.74, 6) is 0.312. The Morgan fingerprint density at radius 1 is 0.781 bits per heavy atom. The van der Waals surface area contributed by atoms with Gasteiger partial charge in [0.15, 0.2) is 0 Å². The number of halogens is 3. The Kier molecular flexibility index (Phi) is 7.92. The summed E-state index contributed by atoms with van der Waals surface area (Å²) in [4.78, 5) is 0. The van der Waals surface area contributed by atoms with Gasteiger partial charge < -0.3 is 24.8 Å². The van der Waals surface area contributed by atoms with Gasteiger partial charge in [-0.2, -0.15) is 0 Å². The summed E-state index contributed by atoms with van der Waals surface area (Å²) in [6, 6.07) is 24.9. The minimum atomic E-state index is -2.40. The Labute approximate surface area is 210 Å². The molecule has 2 aliphatic rings. The second kappa shape index (κ2) is 10.1. The number of allylic oxidation sites excluding steroid dienone is 4. The second-order valence-electron chi connectivity index (χ2n) is 8.44. The third-order valence-electron chi connectivity index (χ3n) is 6.60. The van der Waals surface area contributed by atoms with Crippen molar-refractivity contribution in [3.63, 3.8) is 0 Å². The largest absolute Gasteiger partial charge is 1.00 e. The molecule has 0 saturated carbocycles. The maximum absolute atomic E-state index is 13.6. The average Bonchev–Trinajstić information content (AvgIpc) is 3.21. The third-order valence-corrected chi connectivity index (χ3v) is 14.8. The molecule has 5 rings (SSSR count). The summed E-state index contributed by atoms with van der Waals surface area (Å²) < 4.78 is 18.3. The summed E-state index contributed by atoms with van der Waals surface area (Å²) in [6.45, 7) is 6.89. The zero-order valence-electron chi connectivity index (χ0n) is 18.4. The van der Waals surface area contributed by atoms with Crippen molar-refractivity contribution in [3.05, 3.63) is 116 Å². The first-order valence-electron chi connectivity index (χ1n) is 10.6. The van der Waals surface area contributed by atoms with Crippen LogP contribution < -0.4 is 24.8 Å². The van der Waals surface area contributed by atoms with Gasteiger partial charge in [0.05, 0.1) is 0 Å². The van der Waals surface area contributed by atoms with Crippen LogP contribution in [-0.2, 0) is 21.3 Å². The van der Waals surface area contributed by atoms with Gasteiger partial charge in [-0.15, -0.1) is 0 Å². The molecule has 32 heavy (non-hydrogen) atoms. The number of hydrogen-bond donors (Lipinski definition) is 0. The first-order chi connectivity index (χ1) is 14.5. The van der Waals surface area contributed by atoms with Crippen molar-refractivity contribution in [2.45, 2.75) is 24.4 Å². The molecule has 0 fully saturated rings. The molecule has 2 aliphatic carbocycles. The summed E-state index contributed by atoms with van der Waals surface area (Å²) in [5, 5.41) is 0. The zero-order chi connectivity index (χ0) is 20.8. The number of benzene rings is 3. The van der Waals surface area contributed by atoms with E-state index in [2.05, 4.69) is 79.1 Å². The first-order valence-corrected chi connectivity index (χ1v) is 14.7. The molecule has 0 nitrogen and oxygen atoms in total. The number of fused-ring (bicyclic) bond motifs is 3. The van der Waals surface area contributed by atoms with Crippen molar-refractivity contribution in [1.82, 2.24) is 0 Å². The molecule has 1 unspecified atom stereocenters. The molecule has 4 heteroatoms. The zero-order valence-corrected chi connectivity index (χ0v) is 22.3. The molecule has 1 atom stereocenters. The fourth-order valence-corrected chi connectivity index (χ4v) is 14.0. The standard InChI is InChI=1S/C13H9.C8H11.C7H5F.2ClH.Zr/c1-3-7-12-10(5-1)9-11-6-2-4-8-13(11)12;1-6-4-7(2)8(3)5-6;1-6-2-4-7(8)5-3-6;;;/h1-9H;4,6H,1-3H3;1-5H;2*1H;/q;;;;;+2/p-2. The first kappa shape index (κ1) is 25.0. The van der Waals surface area contributed by atoms with E-state index in [0.29, 0.717) is 9.54 Å². The Morgan fingerprint density at radius 2 is 1.31 bits per heavy atom. The van der Waals surface area contributed by atoms with Crippen molar-refractivity contribution < 1.29 is 50.5 Å². The molecule has 0 bridgehead atoms. The van der Waals surface area contributed by atoms with Crippen molar-refractivity contribution in [2.75, 3.05) is 0 Å². The SMILES string of the molecule is CC1=CC(C)[C](/[Zr+2](=[CH]/c2ccc(F)cc2)[CH]2c3ccccc3-c3ccccc32)=C1C.[Cl-].[Cl-]. The van der Waals surface area contributed by atoms with E-state index in [1.165, 1.54) is 33.4 Å². The monoisotopic (exact) mass is 540 g/mol. The van der Waals surface area contributed by atoms with E-state index in [1.807, 2.05) is 12.1 Å². The Balaban J connectivity index is 0.00000144. The maximum atomic E-state index is 13.6. The van der Waals surface area contributed by atoms with E-state index in [-0.39, 0.29) is 30.6 Å². The van der Waals surface area contributed by atoms with Gasteiger partial charge in [0.2, 0.25) is 0 Å². The molecule has 3 aromatic rings. The van der Waals surface area contributed by atoms with Crippen LogP contribution in [0, 0.1) is 11.7 Å². The summed E-state index contributed by atoms with van der Waals surface area (Å²) in [6.07, 6.45) is 2.43. The van der Waals surface area contributed by atoms with Gasteiger partial charge >= 0.3 is 187 Å². The van der Waals surface area contributed by atoms with Gasteiger partial charge in [-0.3, -0.25) is 0 Å². The minimum absolute atomic E-state index is 0. The average molecular weight is 543 g/mol. The molecule has 0 amide bonds. The van der Waals surface area contributed by atoms with Crippen molar-refractivity contribution >= 4 is 3.71 Å². The Morgan fingerprint density at radius 3 is 1.81 bits per heavy atom. The normalized spacial score (nSPS) is 16.8. The van der Waals surface area contributed by atoms with E-state index in [9.17, 15) is 4.39 Å². The van der Waals surface area contributed by atoms with Crippen LogP contribution in [0.5, 0.6) is 0 Å². The summed E-state index contributed by atoms with van der Waals surface area (Å²) >= 11 is -2.40. The van der Waals surface area contributed by atoms with Gasteiger partial charge in [0.25, 0.3) is 0 Å². The van der Waals surface area contributed by atoms with Crippen LogP contribution in [-0.4, -0.2) is 3.71 Å². The van der Waals surface area contributed by atoms with Gasteiger partial charge in [0.1, 0.15) is 0 Å². The Bertz CT molecular complexity index is 1190. The molecule has 3 aromatic carbocycles. The summed E-state index contributed by atoms with van der Waals surface area (Å²) in [5.41, 5.74) is 9.78. The number of rotatable bonds is 3. The van der Waals surface area contributed by atoms with Crippen LogP contribution >= 0.6 is 0 Å². The predicted octanol–water partition coefficient (Wildman–Crippen LogP) is 1.24. The maximum Gasteiger partial charge on any atom is -1.00 e. The van der Waals surface area contributed by atoms with Crippen molar-refractivity contribution in [1.29, 1.82) is 0 Å². The molecule has 0 saturated heterocycles. The van der Waals surface area contributed by atoms with Crippen molar-refractivity contribution in [3.8, 4) is 11.1 Å². The van der Waals surface area contributed by atoms with E-state index in [0.717, 1.165) is 5.56 Å². The molecule has 0 aliphatic heterocycles. The van der Waals surface area contributed by atoms with Crippen LogP contribution in [0.2, 0.25) is 0 Å². The molecule has 0 spiro atoms. The predicted molar refractivity (Wildman–Crippen MR) is 121 cm³/mol. The quantitative estimate of drug-likeness (QED) is 0.468. The van der Waals surface area contributed by atoms with Gasteiger partial charge in [-0.25, -0.2) is 0 Å². The molecule has 162 valence electrons.